The van der Waals surface area contributed by atoms with Gasteiger partial charge in [0.25, 0.3) is 0 Å². The molecule has 0 fully saturated rings. The van der Waals surface area contributed by atoms with E-state index in [4.69, 9.17) is 11.6 Å². The third-order valence-electron chi connectivity index (χ3n) is 2.83. The molecule has 1 heterocycles. The van der Waals surface area contributed by atoms with Crippen molar-refractivity contribution in [1.82, 2.24) is 9.55 Å². The molecule has 5 heteroatoms. The zero-order valence-corrected chi connectivity index (χ0v) is 11.3. The fourth-order valence-corrected chi connectivity index (χ4v) is 2.05. The van der Waals surface area contributed by atoms with Gasteiger partial charge in [0.15, 0.2) is 5.78 Å². The quantitative estimate of drug-likeness (QED) is 0.786. The second-order valence-corrected chi connectivity index (χ2v) is 4.67. The van der Waals surface area contributed by atoms with Crippen molar-refractivity contribution >= 4 is 17.4 Å². The van der Waals surface area contributed by atoms with Crippen LogP contribution in [0.5, 0.6) is 0 Å². The molecule has 0 spiro atoms. The van der Waals surface area contributed by atoms with Gasteiger partial charge in [0.05, 0.1) is 11.4 Å². The van der Waals surface area contributed by atoms with Gasteiger partial charge in [-0.05, 0) is 24.6 Å². The molecule has 2 aromatic rings. The van der Waals surface area contributed by atoms with Crippen molar-refractivity contribution in [3.8, 4) is 0 Å². The molecule has 1 aromatic heterocycles. The van der Waals surface area contributed by atoms with E-state index in [2.05, 4.69) is 11.9 Å². The van der Waals surface area contributed by atoms with Crippen molar-refractivity contribution in [3.63, 3.8) is 0 Å². The van der Waals surface area contributed by atoms with E-state index in [1.165, 1.54) is 18.2 Å². The Morgan fingerprint density at radius 1 is 1.47 bits per heavy atom. The Morgan fingerprint density at radius 2 is 2.26 bits per heavy atom. The zero-order valence-electron chi connectivity index (χ0n) is 10.6. The number of hydrogen-bond donors (Lipinski definition) is 0. The Balaban J connectivity index is 2.16. The molecular formula is C14H14ClFN2O. The number of rotatable bonds is 5. The fraction of sp³-hybridized carbons (Fsp3) is 0.286. The summed E-state index contributed by atoms with van der Waals surface area (Å²) in [4.78, 5) is 16.3. The lowest BCUT2D eigenvalue weighted by atomic mass is 10.1. The van der Waals surface area contributed by atoms with E-state index >= 15 is 0 Å². The number of nitrogens with zero attached hydrogens (tertiary/aromatic N) is 2. The molecule has 1 aromatic carbocycles. The third-order valence-corrected chi connectivity index (χ3v) is 3.12. The molecule has 0 unspecified atom stereocenters. The minimum absolute atomic E-state index is 0.0391. The third kappa shape index (κ3) is 3.20. The first-order valence-electron chi connectivity index (χ1n) is 6.10. The zero-order chi connectivity index (χ0) is 13.8. The number of carbonyl (C=O) groups is 1. The first kappa shape index (κ1) is 13.7. The molecule has 0 N–H and O–H groups in total. The fourth-order valence-electron chi connectivity index (χ4n) is 1.87. The molecule has 0 atom stereocenters. The first-order chi connectivity index (χ1) is 9.11. The molecule has 0 saturated carbocycles. The van der Waals surface area contributed by atoms with Crippen molar-refractivity contribution in [2.45, 2.75) is 26.3 Å². The van der Waals surface area contributed by atoms with E-state index in [1.807, 2.05) is 10.8 Å². The predicted molar refractivity (Wildman–Crippen MR) is 72.0 cm³/mol. The van der Waals surface area contributed by atoms with E-state index in [0.717, 1.165) is 13.0 Å². The normalized spacial score (nSPS) is 10.7. The smallest absolute Gasteiger partial charge is 0.170 e. The highest BCUT2D eigenvalue weighted by Gasteiger charge is 2.12. The maximum Gasteiger partial charge on any atom is 0.170 e. The van der Waals surface area contributed by atoms with Crippen LogP contribution in [0.15, 0.2) is 30.6 Å². The van der Waals surface area contributed by atoms with E-state index in [1.54, 1.807) is 6.20 Å². The lowest BCUT2D eigenvalue weighted by Crippen LogP contribution is -2.10. The molecule has 0 aliphatic rings. The summed E-state index contributed by atoms with van der Waals surface area (Å²) in [6.07, 6.45) is 4.69. The molecule has 0 saturated heterocycles. The molecular weight excluding hydrogens is 267 g/mol. The van der Waals surface area contributed by atoms with Crippen LogP contribution in [0.25, 0.3) is 0 Å². The summed E-state index contributed by atoms with van der Waals surface area (Å²) in [7, 11) is 0. The van der Waals surface area contributed by atoms with Crippen LogP contribution in [-0.2, 0) is 13.0 Å². The molecule has 2 rings (SSSR count). The number of Topliss-reactive ketones (excluding diaryl/α,β-unsaturated/α-hetero) is 1. The maximum atomic E-state index is 13.0. The summed E-state index contributed by atoms with van der Waals surface area (Å²) in [5.74, 6) is 0.0726. The van der Waals surface area contributed by atoms with E-state index < -0.39 is 5.82 Å². The van der Waals surface area contributed by atoms with Gasteiger partial charge in [0.1, 0.15) is 11.6 Å². The van der Waals surface area contributed by atoms with Gasteiger partial charge in [0, 0.05) is 24.5 Å². The number of carbonyl (C=O) groups excluding carboxylic acids is 1. The Labute approximate surface area is 116 Å². The highest BCUT2D eigenvalue weighted by Crippen LogP contribution is 2.17. The minimum atomic E-state index is -0.523. The monoisotopic (exact) mass is 280 g/mol. The summed E-state index contributed by atoms with van der Waals surface area (Å²) >= 11 is 5.67. The van der Waals surface area contributed by atoms with Crippen LogP contribution >= 0.6 is 11.6 Å². The Morgan fingerprint density at radius 3 is 2.95 bits per heavy atom. The number of hydrogen-bond acceptors (Lipinski definition) is 2. The average Bonchev–Trinajstić information content (AvgIpc) is 2.80. The molecule has 0 aliphatic heterocycles. The van der Waals surface area contributed by atoms with Crippen molar-refractivity contribution in [1.29, 1.82) is 0 Å². The van der Waals surface area contributed by atoms with Crippen LogP contribution in [0, 0.1) is 5.82 Å². The summed E-state index contributed by atoms with van der Waals surface area (Å²) in [6, 6.07) is 4.00. The summed E-state index contributed by atoms with van der Waals surface area (Å²) in [5.41, 5.74) is 0.400. The van der Waals surface area contributed by atoms with Gasteiger partial charge >= 0.3 is 0 Å². The van der Waals surface area contributed by atoms with Crippen molar-refractivity contribution < 1.29 is 9.18 Å². The molecule has 0 bridgehead atoms. The molecule has 0 aliphatic carbocycles. The van der Waals surface area contributed by atoms with Crippen LogP contribution in [0.3, 0.4) is 0 Å². The van der Waals surface area contributed by atoms with Crippen LogP contribution < -0.4 is 0 Å². The standard InChI is InChI=1S/C14H14ClFN2O/c1-2-6-18-7-5-17-14(18)9-13(19)10-3-4-12(16)11(15)8-10/h3-5,7-8H,2,6,9H2,1H3. The van der Waals surface area contributed by atoms with Crippen molar-refractivity contribution in [3.05, 3.63) is 52.8 Å². The van der Waals surface area contributed by atoms with Gasteiger partial charge in [-0.3, -0.25) is 4.79 Å². The minimum Gasteiger partial charge on any atom is -0.335 e. The number of aryl methyl sites for hydroxylation is 1. The van der Waals surface area contributed by atoms with Crippen LogP contribution in [0.1, 0.15) is 29.5 Å². The van der Waals surface area contributed by atoms with Gasteiger partial charge in [0.2, 0.25) is 0 Å². The number of ketones is 1. The Bertz CT molecular complexity index is 595. The van der Waals surface area contributed by atoms with Crippen LogP contribution in [0.4, 0.5) is 4.39 Å². The van der Waals surface area contributed by atoms with Crippen molar-refractivity contribution in [2.75, 3.05) is 0 Å². The summed E-state index contributed by atoms with van der Waals surface area (Å²) < 4.78 is 15.0. The highest BCUT2D eigenvalue weighted by molar-refractivity contribution is 6.31. The molecule has 0 amide bonds. The number of halogens is 2. The molecule has 3 nitrogen and oxygen atoms in total. The van der Waals surface area contributed by atoms with Gasteiger partial charge in [-0.2, -0.15) is 0 Å². The molecule has 0 radical (unpaired) electrons. The van der Waals surface area contributed by atoms with Gasteiger partial charge in [-0.1, -0.05) is 18.5 Å². The second kappa shape index (κ2) is 5.97. The van der Waals surface area contributed by atoms with E-state index in [-0.39, 0.29) is 17.2 Å². The largest absolute Gasteiger partial charge is 0.335 e. The molecule has 100 valence electrons. The van der Waals surface area contributed by atoms with Gasteiger partial charge < -0.3 is 4.57 Å². The summed E-state index contributed by atoms with van der Waals surface area (Å²) in [6.45, 7) is 2.89. The highest BCUT2D eigenvalue weighted by atomic mass is 35.5. The van der Waals surface area contributed by atoms with Gasteiger partial charge in [-0.15, -0.1) is 0 Å². The predicted octanol–water partition coefficient (Wildman–Crippen LogP) is 3.51. The topological polar surface area (TPSA) is 34.9 Å². The van der Waals surface area contributed by atoms with Crippen LogP contribution in [-0.4, -0.2) is 15.3 Å². The van der Waals surface area contributed by atoms with E-state index in [0.29, 0.717) is 11.4 Å². The number of imidazole rings is 1. The first-order valence-corrected chi connectivity index (χ1v) is 6.48. The van der Waals surface area contributed by atoms with E-state index in [9.17, 15) is 9.18 Å². The number of aromatic nitrogens is 2. The SMILES string of the molecule is CCCn1ccnc1CC(=O)c1ccc(F)c(Cl)c1. The Hall–Kier alpha value is -1.68. The lowest BCUT2D eigenvalue weighted by molar-refractivity contribution is 0.0989. The van der Waals surface area contributed by atoms with Crippen LogP contribution in [0.2, 0.25) is 5.02 Å². The number of benzene rings is 1. The Kier molecular flexibility index (Phi) is 4.32. The van der Waals surface area contributed by atoms with Gasteiger partial charge in [-0.25, -0.2) is 9.37 Å². The second-order valence-electron chi connectivity index (χ2n) is 4.27. The van der Waals surface area contributed by atoms with Crippen molar-refractivity contribution in [2.24, 2.45) is 0 Å². The lowest BCUT2D eigenvalue weighted by Gasteiger charge is -2.06. The maximum absolute atomic E-state index is 13.0. The molecule has 19 heavy (non-hydrogen) atoms. The average molecular weight is 281 g/mol. The summed E-state index contributed by atoms with van der Waals surface area (Å²) in [5, 5.41) is -0.0391.